The Morgan fingerprint density at radius 1 is 1.29 bits per heavy atom. The number of esters is 2. The molecule has 1 aliphatic heterocycles. The number of hydrogen-bond acceptors (Lipinski definition) is 5. The maximum atomic E-state index is 13.1. The number of nitrogens with one attached hydrogen (secondary N) is 1. The van der Waals surface area contributed by atoms with E-state index in [9.17, 15) is 14.0 Å². The molecule has 1 aromatic rings. The molecule has 0 amide bonds. The molecule has 1 heterocycles. The van der Waals surface area contributed by atoms with Gasteiger partial charge in [0.05, 0.1) is 11.3 Å². The lowest BCUT2D eigenvalue weighted by Crippen LogP contribution is -2.42. The quantitative estimate of drug-likeness (QED) is 0.390. The van der Waals surface area contributed by atoms with E-state index < -0.39 is 23.5 Å². The van der Waals surface area contributed by atoms with Crippen molar-refractivity contribution in [3.05, 3.63) is 41.4 Å². The lowest BCUT2D eigenvalue weighted by Gasteiger charge is -2.29. The molecule has 0 radical (unpaired) electrons. The molecule has 21 heavy (non-hydrogen) atoms. The molecule has 108 valence electrons. The Balaban J connectivity index is 2.24. The molecule has 1 N–H and O–H groups in total. The monoisotopic (exact) mass is 289 g/mol. The van der Waals surface area contributed by atoms with Gasteiger partial charge in [0.15, 0.2) is 5.57 Å². The number of rotatable bonds is 2. The molecular weight excluding hydrogens is 277 g/mol. The van der Waals surface area contributed by atoms with Crippen LogP contribution in [0.3, 0.4) is 0 Å². The first-order valence-corrected chi connectivity index (χ1v) is 6.02. The van der Waals surface area contributed by atoms with Crippen LogP contribution in [0.2, 0.25) is 0 Å². The van der Waals surface area contributed by atoms with Crippen LogP contribution in [0.15, 0.2) is 30.0 Å². The van der Waals surface area contributed by atoms with Crippen LogP contribution in [-0.2, 0) is 19.1 Å². The van der Waals surface area contributed by atoms with Crippen LogP contribution in [0.25, 0.3) is 0 Å². The number of benzene rings is 1. The van der Waals surface area contributed by atoms with Crippen LogP contribution >= 0.6 is 0 Å². The summed E-state index contributed by atoms with van der Waals surface area (Å²) in [5.74, 6) is -1.12. The highest BCUT2D eigenvalue weighted by molar-refractivity contribution is 6.15. The molecule has 0 unspecified atom stereocenters. The van der Waals surface area contributed by atoms with E-state index in [0.717, 1.165) is 12.3 Å². The summed E-state index contributed by atoms with van der Waals surface area (Å²) in [6.07, 6.45) is 6.38. The lowest BCUT2D eigenvalue weighted by molar-refractivity contribution is -0.222. The average Bonchev–Trinajstić information content (AvgIpc) is 2.37. The molecule has 5 nitrogen and oxygen atoms in total. The minimum atomic E-state index is -1.30. The topological polar surface area (TPSA) is 64.6 Å². The summed E-state index contributed by atoms with van der Waals surface area (Å²) in [5.41, 5.74) is 0.322. The molecule has 1 aliphatic rings. The summed E-state index contributed by atoms with van der Waals surface area (Å²) in [7, 11) is 0. The Morgan fingerprint density at radius 3 is 2.48 bits per heavy atom. The molecule has 0 spiro atoms. The third kappa shape index (κ3) is 3.20. The lowest BCUT2D eigenvalue weighted by atomic mass is 10.1. The van der Waals surface area contributed by atoms with Crippen LogP contribution in [0, 0.1) is 18.2 Å². The van der Waals surface area contributed by atoms with E-state index in [-0.39, 0.29) is 11.1 Å². The van der Waals surface area contributed by atoms with Crippen molar-refractivity contribution in [3.8, 4) is 12.3 Å². The highest BCUT2D eigenvalue weighted by Crippen LogP contribution is 2.23. The molecule has 1 saturated heterocycles. The van der Waals surface area contributed by atoms with Gasteiger partial charge in [0.25, 0.3) is 5.79 Å². The van der Waals surface area contributed by atoms with Crippen LogP contribution in [0.4, 0.5) is 10.1 Å². The maximum absolute atomic E-state index is 13.1. The van der Waals surface area contributed by atoms with Gasteiger partial charge in [-0.25, -0.2) is 14.0 Å². The van der Waals surface area contributed by atoms with Crippen molar-refractivity contribution in [2.24, 2.45) is 0 Å². The Morgan fingerprint density at radius 2 is 1.90 bits per heavy atom. The van der Waals surface area contributed by atoms with Crippen molar-refractivity contribution in [2.75, 3.05) is 5.32 Å². The Hall–Kier alpha value is -2.81. The normalized spacial score (nSPS) is 16.6. The highest BCUT2D eigenvalue weighted by Gasteiger charge is 2.38. The van der Waals surface area contributed by atoms with Gasteiger partial charge < -0.3 is 14.8 Å². The summed E-state index contributed by atoms with van der Waals surface area (Å²) in [5, 5.41) is 2.68. The van der Waals surface area contributed by atoms with Gasteiger partial charge in [0, 0.05) is 20.0 Å². The van der Waals surface area contributed by atoms with E-state index in [2.05, 4.69) is 11.2 Å². The largest absolute Gasteiger partial charge is 0.419 e. The zero-order valence-electron chi connectivity index (χ0n) is 11.4. The van der Waals surface area contributed by atoms with E-state index in [1.165, 1.54) is 26.0 Å². The zero-order valence-corrected chi connectivity index (χ0v) is 11.4. The number of carbonyl (C=O) groups excluding carboxylic acids is 2. The predicted molar refractivity (Wildman–Crippen MR) is 72.3 cm³/mol. The van der Waals surface area contributed by atoms with Crippen LogP contribution in [-0.4, -0.2) is 17.7 Å². The second-order valence-electron chi connectivity index (χ2n) is 4.72. The number of cyclic esters (lactones) is 2. The Bertz CT molecular complexity index is 663. The van der Waals surface area contributed by atoms with Crippen molar-refractivity contribution in [1.29, 1.82) is 0 Å². The van der Waals surface area contributed by atoms with Crippen LogP contribution in [0.5, 0.6) is 0 Å². The van der Waals surface area contributed by atoms with Gasteiger partial charge in [0.1, 0.15) is 5.82 Å². The molecule has 0 saturated carbocycles. The first-order chi connectivity index (χ1) is 9.82. The fourth-order valence-corrected chi connectivity index (χ4v) is 1.69. The first-order valence-electron chi connectivity index (χ1n) is 6.02. The summed E-state index contributed by atoms with van der Waals surface area (Å²) >= 11 is 0. The fraction of sp³-hybridized carbons (Fsp3) is 0.200. The van der Waals surface area contributed by atoms with Gasteiger partial charge >= 0.3 is 11.9 Å². The standard InChI is InChI=1S/C15H12FNO4/c1-4-9-7-10(16)5-6-12(9)17-8-11-13(18)20-15(2,3)21-14(11)19/h1,5-8,17H,2-3H3. The molecule has 0 aliphatic carbocycles. The maximum Gasteiger partial charge on any atom is 0.350 e. The molecule has 0 aromatic heterocycles. The van der Waals surface area contributed by atoms with E-state index in [4.69, 9.17) is 15.9 Å². The van der Waals surface area contributed by atoms with E-state index in [0.29, 0.717) is 5.69 Å². The highest BCUT2D eigenvalue weighted by atomic mass is 19.1. The summed E-state index contributed by atoms with van der Waals surface area (Å²) in [6.45, 7) is 2.90. The third-order valence-corrected chi connectivity index (χ3v) is 2.63. The number of terminal acetylenes is 1. The summed E-state index contributed by atoms with van der Waals surface area (Å²) in [4.78, 5) is 23.4. The second-order valence-corrected chi connectivity index (χ2v) is 4.72. The van der Waals surface area contributed by atoms with Gasteiger partial charge in [-0.15, -0.1) is 6.42 Å². The van der Waals surface area contributed by atoms with Gasteiger partial charge in [-0.3, -0.25) is 0 Å². The van der Waals surface area contributed by atoms with Crippen molar-refractivity contribution < 1.29 is 23.5 Å². The van der Waals surface area contributed by atoms with Gasteiger partial charge in [-0.2, -0.15) is 0 Å². The summed E-state index contributed by atoms with van der Waals surface area (Å²) in [6, 6.07) is 3.74. The third-order valence-electron chi connectivity index (χ3n) is 2.63. The van der Waals surface area contributed by atoms with Gasteiger partial charge in [0.2, 0.25) is 0 Å². The minimum Gasteiger partial charge on any atom is -0.419 e. The Labute approximate surface area is 120 Å². The SMILES string of the molecule is C#Cc1cc(F)ccc1NC=C1C(=O)OC(C)(C)OC1=O. The molecule has 1 aromatic carbocycles. The fourth-order valence-electron chi connectivity index (χ4n) is 1.69. The smallest absolute Gasteiger partial charge is 0.350 e. The van der Waals surface area contributed by atoms with E-state index in [1.54, 1.807) is 0 Å². The van der Waals surface area contributed by atoms with Crippen molar-refractivity contribution >= 4 is 17.6 Å². The molecule has 2 rings (SSSR count). The number of halogens is 1. The van der Waals surface area contributed by atoms with Crippen molar-refractivity contribution in [2.45, 2.75) is 19.6 Å². The molecule has 6 heteroatoms. The number of ether oxygens (including phenoxy) is 2. The predicted octanol–water partition coefficient (Wildman–Crippen LogP) is 1.94. The molecular formula is C15H12FNO4. The van der Waals surface area contributed by atoms with Crippen molar-refractivity contribution in [3.63, 3.8) is 0 Å². The Kier molecular flexibility index (Phi) is 3.68. The average molecular weight is 289 g/mol. The van der Waals surface area contributed by atoms with E-state index in [1.807, 2.05) is 0 Å². The summed E-state index contributed by atoms with van der Waals surface area (Å²) < 4.78 is 22.9. The second kappa shape index (κ2) is 5.29. The van der Waals surface area contributed by atoms with Crippen LogP contribution < -0.4 is 5.32 Å². The first kappa shape index (κ1) is 14.6. The van der Waals surface area contributed by atoms with Crippen LogP contribution in [0.1, 0.15) is 19.4 Å². The zero-order chi connectivity index (χ0) is 15.6. The molecule has 0 atom stereocenters. The van der Waals surface area contributed by atoms with E-state index >= 15 is 0 Å². The minimum absolute atomic E-state index is 0.254. The molecule has 0 bridgehead atoms. The number of anilines is 1. The number of carbonyl (C=O) groups is 2. The van der Waals surface area contributed by atoms with Gasteiger partial charge in [-0.05, 0) is 18.2 Å². The molecule has 1 fully saturated rings. The van der Waals surface area contributed by atoms with Gasteiger partial charge in [-0.1, -0.05) is 5.92 Å². The van der Waals surface area contributed by atoms with Crippen molar-refractivity contribution in [1.82, 2.24) is 0 Å². The number of hydrogen-bond donors (Lipinski definition) is 1.